The minimum absolute atomic E-state index is 0.219. The summed E-state index contributed by atoms with van der Waals surface area (Å²) in [6.45, 7) is 1.85. The number of rotatable bonds is 4. The van der Waals surface area contributed by atoms with E-state index in [-0.39, 0.29) is 11.8 Å². The van der Waals surface area contributed by atoms with E-state index in [1.54, 1.807) is 0 Å². The molecule has 82 valence electrons. The fraction of sp³-hybridized carbons (Fsp3) is 0.417. The lowest BCUT2D eigenvalue weighted by atomic mass is 10.1. The maximum Gasteiger partial charge on any atom is 0.305 e. The summed E-state index contributed by atoms with van der Waals surface area (Å²) in [6.07, 6.45) is 1.77. The van der Waals surface area contributed by atoms with E-state index in [1.807, 2.05) is 13.0 Å². The molecule has 0 saturated carbocycles. The third kappa shape index (κ3) is 4.11. The standard InChI is InChI=1S/C12H15FO2/c1-9-6-10(8-11(13)7-9)4-3-5-12(14)15-2/h6-8H,3-5H2,1-2H3. The molecule has 0 aliphatic heterocycles. The Morgan fingerprint density at radius 3 is 2.73 bits per heavy atom. The van der Waals surface area contributed by atoms with Crippen molar-refractivity contribution in [2.45, 2.75) is 26.2 Å². The number of ether oxygens (including phenoxy) is 1. The first-order valence-electron chi connectivity index (χ1n) is 4.94. The highest BCUT2D eigenvalue weighted by molar-refractivity contribution is 5.69. The Morgan fingerprint density at radius 2 is 2.13 bits per heavy atom. The van der Waals surface area contributed by atoms with Crippen LogP contribution in [-0.2, 0) is 16.0 Å². The zero-order chi connectivity index (χ0) is 11.3. The van der Waals surface area contributed by atoms with Gasteiger partial charge in [0, 0.05) is 6.42 Å². The summed E-state index contributed by atoms with van der Waals surface area (Å²) in [7, 11) is 1.37. The van der Waals surface area contributed by atoms with Gasteiger partial charge in [0.05, 0.1) is 7.11 Å². The quantitative estimate of drug-likeness (QED) is 0.714. The van der Waals surface area contributed by atoms with Gasteiger partial charge in [-0.3, -0.25) is 4.79 Å². The van der Waals surface area contributed by atoms with E-state index >= 15 is 0 Å². The van der Waals surface area contributed by atoms with Crippen LogP contribution in [0.5, 0.6) is 0 Å². The molecule has 0 aliphatic rings. The van der Waals surface area contributed by atoms with E-state index in [0.29, 0.717) is 19.3 Å². The summed E-state index contributed by atoms with van der Waals surface area (Å²) in [5, 5.41) is 0. The highest BCUT2D eigenvalue weighted by atomic mass is 19.1. The van der Waals surface area contributed by atoms with Crippen LogP contribution in [0.3, 0.4) is 0 Å². The number of aryl methyl sites for hydroxylation is 2. The molecule has 2 nitrogen and oxygen atoms in total. The second kappa shape index (κ2) is 5.49. The van der Waals surface area contributed by atoms with Gasteiger partial charge in [-0.2, -0.15) is 0 Å². The van der Waals surface area contributed by atoms with Crippen LogP contribution in [-0.4, -0.2) is 13.1 Å². The van der Waals surface area contributed by atoms with Crippen molar-refractivity contribution in [3.63, 3.8) is 0 Å². The summed E-state index contributed by atoms with van der Waals surface area (Å²) >= 11 is 0. The van der Waals surface area contributed by atoms with Gasteiger partial charge in [0.2, 0.25) is 0 Å². The van der Waals surface area contributed by atoms with Gasteiger partial charge in [-0.05, 0) is 43.0 Å². The zero-order valence-corrected chi connectivity index (χ0v) is 9.05. The zero-order valence-electron chi connectivity index (χ0n) is 9.05. The Hall–Kier alpha value is -1.38. The third-order valence-corrected chi connectivity index (χ3v) is 2.18. The molecule has 0 aromatic heterocycles. The van der Waals surface area contributed by atoms with Crippen molar-refractivity contribution in [3.8, 4) is 0 Å². The van der Waals surface area contributed by atoms with Crippen molar-refractivity contribution in [2.24, 2.45) is 0 Å². The predicted molar refractivity (Wildman–Crippen MR) is 56.1 cm³/mol. The molecule has 0 heterocycles. The monoisotopic (exact) mass is 210 g/mol. The molecule has 0 bridgehead atoms. The van der Waals surface area contributed by atoms with E-state index < -0.39 is 0 Å². The Morgan fingerprint density at radius 1 is 1.40 bits per heavy atom. The summed E-state index contributed by atoms with van der Waals surface area (Å²) < 4.78 is 17.5. The highest BCUT2D eigenvalue weighted by Crippen LogP contribution is 2.11. The maximum atomic E-state index is 13.0. The van der Waals surface area contributed by atoms with Gasteiger partial charge in [-0.15, -0.1) is 0 Å². The van der Waals surface area contributed by atoms with E-state index in [1.165, 1.54) is 19.2 Å². The van der Waals surface area contributed by atoms with Crippen molar-refractivity contribution in [3.05, 3.63) is 35.1 Å². The highest BCUT2D eigenvalue weighted by Gasteiger charge is 2.02. The summed E-state index contributed by atoms with van der Waals surface area (Å²) in [5.41, 5.74) is 1.83. The van der Waals surface area contributed by atoms with Crippen LogP contribution in [0, 0.1) is 12.7 Å². The molecule has 0 atom stereocenters. The Kier molecular flexibility index (Phi) is 4.28. The SMILES string of the molecule is COC(=O)CCCc1cc(C)cc(F)c1. The first kappa shape index (κ1) is 11.7. The Labute approximate surface area is 89.1 Å². The van der Waals surface area contributed by atoms with Gasteiger partial charge in [-0.1, -0.05) is 6.07 Å². The lowest BCUT2D eigenvalue weighted by Gasteiger charge is -2.03. The number of halogens is 1. The Bertz CT molecular complexity index is 327. The van der Waals surface area contributed by atoms with Gasteiger partial charge in [0.15, 0.2) is 0 Å². The molecule has 1 aromatic rings. The number of hydrogen-bond acceptors (Lipinski definition) is 2. The van der Waals surface area contributed by atoms with Gasteiger partial charge >= 0.3 is 5.97 Å². The fourth-order valence-electron chi connectivity index (χ4n) is 1.50. The average molecular weight is 210 g/mol. The fourth-order valence-corrected chi connectivity index (χ4v) is 1.50. The number of hydrogen-bond donors (Lipinski definition) is 0. The van der Waals surface area contributed by atoms with Gasteiger partial charge in [-0.25, -0.2) is 4.39 Å². The minimum atomic E-state index is -0.219. The molecule has 0 radical (unpaired) electrons. The van der Waals surface area contributed by atoms with Crippen LogP contribution < -0.4 is 0 Å². The number of methoxy groups -OCH3 is 1. The third-order valence-electron chi connectivity index (χ3n) is 2.18. The van der Waals surface area contributed by atoms with Crippen LogP contribution in [0.15, 0.2) is 18.2 Å². The van der Waals surface area contributed by atoms with E-state index in [9.17, 15) is 9.18 Å². The molecule has 15 heavy (non-hydrogen) atoms. The van der Waals surface area contributed by atoms with Gasteiger partial charge < -0.3 is 4.74 Å². The van der Waals surface area contributed by atoms with Gasteiger partial charge in [0.1, 0.15) is 5.82 Å². The summed E-state index contributed by atoms with van der Waals surface area (Å²) in [4.78, 5) is 10.8. The molecule has 0 amide bonds. The first-order chi connectivity index (χ1) is 7.11. The molecule has 0 N–H and O–H groups in total. The molecule has 0 fully saturated rings. The molecule has 0 saturated heterocycles. The Balaban J connectivity index is 2.47. The lowest BCUT2D eigenvalue weighted by molar-refractivity contribution is -0.140. The van der Waals surface area contributed by atoms with Crippen LogP contribution in [0.2, 0.25) is 0 Å². The van der Waals surface area contributed by atoms with Crippen LogP contribution in [0.25, 0.3) is 0 Å². The molecule has 0 aliphatic carbocycles. The first-order valence-corrected chi connectivity index (χ1v) is 4.94. The molecular formula is C12H15FO2. The topological polar surface area (TPSA) is 26.3 Å². The lowest BCUT2D eigenvalue weighted by Crippen LogP contribution is -2.00. The normalized spacial score (nSPS) is 10.1. The summed E-state index contributed by atoms with van der Waals surface area (Å²) in [6, 6.07) is 4.93. The predicted octanol–water partition coefficient (Wildman–Crippen LogP) is 2.63. The van der Waals surface area contributed by atoms with Gasteiger partial charge in [0.25, 0.3) is 0 Å². The van der Waals surface area contributed by atoms with Crippen molar-refractivity contribution in [2.75, 3.05) is 7.11 Å². The molecule has 3 heteroatoms. The molecule has 0 unspecified atom stereocenters. The van der Waals surface area contributed by atoms with Crippen LogP contribution >= 0.6 is 0 Å². The number of benzene rings is 1. The summed E-state index contributed by atoms with van der Waals surface area (Å²) in [5.74, 6) is -0.439. The van der Waals surface area contributed by atoms with Crippen molar-refractivity contribution in [1.29, 1.82) is 0 Å². The number of esters is 1. The molecule has 0 spiro atoms. The van der Waals surface area contributed by atoms with E-state index in [4.69, 9.17) is 0 Å². The van der Waals surface area contributed by atoms with Crippen molar-refractivity contribution in [1.82, 2.24) is 0 Å². The molecular weight excluding hydrogens is 195 g/mol. The second-order valence-corrected chi connectivity index (χ2v) is 3.57. The number of carbonyl (C=O) groups excluding carboxylic acids is 1. The molecule has 1 rings (SSSR count). The van der Waals surface area contributed by atoms with Crippen LogP contribution in [0.4, 0.5) is 4.39 Å². The van der Waals surface area contributed by atoms with E-state index in [2.05, 4.69) is 4.74 Å². The van der Waals surface area contributed by atoms with Crippen LogP contribution in [0.1, 0.15) is 24.0 Å². The maximum absolute atomic E-state index is 13.0. The second-order valence-electron chi connectivity index (χ2n) is 3.57. The molecule has 1 aromatic carbocycles. The average Bonchev–Trinajstić information content (AvgIpc) is 2.16. The van der Waals surface area contributed by atoms with E-state index in [0.717, 1.165) is 11.1 Å². The minimum Gasteiger partial charge on any atom is -0.469 e. The smallest absolute Gasteiger partial charge is 0.305 e. The largest absolute Gasteiger partial charge is 0.469 e. The van der Waals surface area contributed by atoms with Crippen molar-refractivity contribution < 1.29 is 13.9 Å². The van der Waals surface area contributed by atoms with Crippen molar-refractivity contribution >= 4 is 5.97 Å². The number of carbonyl (C=O) groups is 1.